The van der Waals surface area contributed by atoms with Crippen molar-refractivity contribution in [3.8, 4) is 0 Å². The van der Waals surface area contributed by atoms with Gasteiger partial charge in [0.15, 0.2) is 11.6 Å². The maximum absolute atomic E-state index is 12.6. The van der Waals surface area contributed by atoms with Crippen LogP contribution < -0.4 is 20.4 Å². The predicted octanol–water partition coefficient (Wildman–Crippen LogP) is 3.80. The minimum atomic E-state index is -0.562. The molecule has 0 unspecified atom stereocenters. The van der Waals surface area contributed by atoms with E-state index >= 15 is 0 Å². The third-order valence-corrected chi connectivity index (χ3v) is 7.59. The summed E-state index contributed by atoms with van der Waals surface area (Å²) < 4.78 is 0. The first kappa shape index (κ1) is 37.5. The minimum absolute atomic E-state index is 0. The molecule has 6 nitrogen and oxygen atoms in total. The molecule has 4 aliphatic carbocycles. The Morgan fingerprint density at radius 1 is 0.667 bits per heavy atom. The molecule has 2 aromatic carbocycles. The second-order valence-electron chi connectivity index (χ2n) is 12.9. The summed E-state index contributed by atoms with van der Waals surface area (Å²) in [4.78, 5) is 21.1. The average Bonchev–Trinajstić information content (AvgIpc) is 2.82. The van der Waals surface area contributed by atoms with Crippen LogP contribution in [0.4, 0.5) is 0 Å². The standard InChI is InChI=1S/C13H21O.2C10H10O2.C2H5O.Ti/c1-10-4-11(2)6-12(3,5-10)9-13(14,7-10)8-11;2*1-8(11)7-10(12)9-5-3-2-4-6-9;1-2-3;/h4-9H2,1-3H3;2*2-7,12H,1H3;2H2,1H3;/q-1;;;-1;/p-2/b;2*10-7-;;. The normalized spacial score (nSPS) is 28.9. The van der Waals surface area contributed by atoms with E-state index in [1.54, 1.807) is 55.5 Å². The smallest absolute Gasteiger partial charge is 0.152 e. The fraction of sp³-hybridized carbons (Fsp3) is 0.486. The maximum atomic E-state index is 12.6. The first-order chi connectivity index (χ1) is 19.1. The number of carbonyl (C=O) groups excluding carboxylic acids is 2. The quantitative estimate of drug-likeness (QED) is 0.295. The average molecular weight is 609 g/mol. The zero-order valence-corrected chi connectivity index (χ0v) is 27.4. The number of rotatable bonds is 4. The molecule has 0 radical (unpaired) electrons. The van der Waals surface area contributed by atoms with Crippen LogP contribution in [0.25, 0.3) is 11.5 Å². The van der Waals surface area contributed by atoms with Crippen LogP contribution >= 0.6 is 0 Å². The first-order valence-corrected chi connectivity index (χ1v) is 14.2. The van der Waals surface area contributed by atoms with Gasteiger partial charge in [-0.2, -0.15) is 0 Å². The van der Waals surface area contributed by atoms with Gasteiger partial charge in [-0.3, -0.25) is 9.59 Å². The Morgan fingerprint density at radius 3 is 1.14 bits per heavy atom. The van der Waals surface area contributed by atoms with Gasteiger partial charge in [-0.15, -0.1) is 12.2 Å². The van der Waals surface area contributed by atoms with Crippen molar-refractivity contribution in [2.45, 2.75) is 85.7 Å². The third kappa shape index (κ3) is 11.6. The Hall–Kier alpha value is -2.51. The number of carbonyl (C=O) groups is 2. The van der Waals surface area contributed by atoms with Crippen molar-refractivity contribution in [1.82, 2.24) is 0 Å². The van der Waals surface area contributed by atoms with Crippen LogP contribution in [0.3, 0.4) is 0 Å². The van der Waals surface area contributed by atoms with Gasteiger partial charge in [0.2, 0.25) is 0 Å². The Labute approximate surface area is 266 Å². The SMILES string of the molecule is CC(=O)/C=C(\[O-])c1ccccc1.CC(=O)/C=C(\[O-])c1ccccc1.CC12CC3(C)CC(C)(C1)CC([O-])(C2)C3.CC[O-].[Ti]. The van der Waals surface area contributed by atoms with Crippen LogP contribution in [0.15, 0.2) is 72.8 Å². The molecule has 228 valence electrons. The molecule has 6 rings (SSSR count). The molecule has 2 aromatic rings. The van der Waals surface area contributed by atoms with E-state index in [4.69, 9.17) is 5.11 Å². The van der Waals surface area contributed by atoms with Crippen molar-refractivity contribution in [3.05, 3.63) is 83.9 Å². The Morgan fingerprint density at radius 2 is 0.929 bits per heavy atom. The van der Waals surface area contributed by atoms with Gasteiger partial charge in [-0.1, -0.05) is 119 Å². The third-order valence-electron chi connectivity index (χ3n) is 7.59. The van der Waals surface area contributed by atoms with E-state index in [1.165, 1.54) is 33.1 Å². The molecular weight excluding hydrogens is 564 g/mol. The van der Waals surface area contributed by atoms with E-state index in [9.17, 15) is 24.9 Å². The maximum Gasteiger partial charge on any atom is 0.152 e. The van der Waals surface area contributed by atoms with E-state index in [0.717, 1.165) is 31.4 Å². The van der Waals surface area contributed by atoms with Crippen molar-refractivity contribution in [3.63, 3.8) is 0 Å². The molecule has 0 spiro atoms. The zero-order valence-electron chi connectivity index (χ0n) is 25.8. The fourth-order valence-corrected chi connectivity index (χ4v) is 7.92. The van der Waals surface area contributed by atoms with Crippen molar-refractivity contribution in [2.24, 2.45) is 16.2 Å². The predicted molar refractivity (Wildman–Crippen MR) is 155 cm³/mol. The molecule has 4 fully saturated rings. The molecule has 0 N–H and O–H groups in total. The van der Waals surface area contributed by atoms with Crippen LogP contribution in [0.2, 0.25) is 0 Å². The number of hydrogen-bond acceptors (Lipinski definition) is 6. The summed E-state index contributed by atoms with van der Waals surface area (Å²) in [5.41, 5.74) is 1.66. The number of allylic oxidation sites excluding steroid dienone is 2. The van der Waals surface area contributed by atoms with Gasteiger partial charge in [0.25, 0.3) is 0 Å². The summed E-state index contributed by atoms with van der Waals surface area (Å²) >= 11 is 0. The Balaban J connectivity index is 0.000000299. The van der Waals surface area contributed by atoms with E-state index in [1.807, 2.05) is 12.1 Å². The molecule has 4 bridgehead atoms. The molecule has 0 amide bonds. The van der Waals surface area contributed by atoms with Gasteiger partial charge in [-0.05, 0) is 72.6 Å². The van der Waals surface area contributed by atoms with E-state index in [2.05, 4.69) is 20.8 Å². The second-order valence-corrected chi connectivity index (χ2v) is 12.9. The molecular formula is C35H44O6Ti-4. The number of hydrogen-bond donors (Lipinski definition) is 0. The second kappa shape index (κ2) is 15.8. The Bertz CT molecular complexity index is 1060. The summed E-state index contributed by atoms with van der Waals surface area (Å²) in [5.74, 6) is -0.904. The molecule has 4 saturated carbocycles. The fourth-order valence-electron chi connectivity index (χ4n) is 7.92. The van der Waals surface area contributed by atoms with Crippen LogP contribution in [0.5, 0.6) is 0 Å². The van der Waals surface area contributed by atoms with Gasteiger partial charge >= 0.3 is 0 Å². The molecule has 0 atom stereocenters. The number of ketones is 2. The van der Waals surface area contributed by atoms with Crippen LogP contribution in [-0.2, 0) is 31.3 Å². The van der Waals surface area contributed by atoms with E-state index < -0.39 is 5.60 Å². The molecule has 7 heteroatoms. The van der Waals surface area contributed by atoms with Crippen molar-refractivity contribution in [1.29, 1.82) is 0 Å². The zero-order chi connectivity index (χ0) is 30.9. The molecule has 0 heterocycles. The van der Waals surface area contributed by atoms with Gasteiger partial charge in [0.1, 0.15) is 0 Å². The summed E-state index contributed by atoms with van der Waals surface area (Å²) in [7, 11) is 0. The van der Waals surface area contributed by atoms with Crippen LogP contribution in [-0.4, -0.2) is 23.8 Å². The summed E-state index contributed by atoms with van der Waals surface area (Å²) in [5, 5.41) is 43.9. The van der Waals surface area contributed by atoms with Gasteiger partial charge in [0, 0.05) is 21.7 Å². The van der Waals surface area contributed by atoms with E-state index in [-0.39, 0.29) is 51.4 Å². The summed E-state index contributed by atoms with van der Waals surface area (Å²) in [6.07, 6.45) is 8.95. The van der Waals surface area contributed by atoms with Crippen molar-refractivity contribution >= 4 is 23.1 Å². The monoisotopic (exact) mass is 608 g/mol. The van der Waals surface area contributed by atoms with Crippen molar-refractivity contribution in [2.75, 3.05) is 6.61 Å². The van der Waals surface area contributed by atoms with Gasteiger partial charge < -0.3 is 20.4 Å². The molecule has 4 aliphatic rings. The van der Waals surface area contributed by atoms with Crippen LogP contribution in [0.1, 0.15) is 91.2 Å². The van der Waals surface area contributed by atoms with E-state index in [0.29, 0.717) is 27.4 Å². The largest absolute Gasteiger partial charge is 0.872 e. The summed E-state index contributed by atoms with van der Waals surface area (Å²) in [6, 6.07) is 17.4. The molecule has 0 aromatic heterocycles. The first-order valence-electron chi connectivity index (χ1n) is 14.2. The molecule has 42 heavy (non-hydrogen) atoms. The molecule has 0 saturated heterocycles. The molecule has 0 aliphatic heterocycles. The van der Waals surface area contributed by atoms with Crippen LogP contribution in [0, 0.1) is 16.2 Å². The van der Waals surface area contributed by atoms with Crippen molar-refractivity contribution < 1.29 is 51.7 Å². The Kier molecular flexibility index (Phi) is 14.1. The van der Waals surface area contributed by atoms with Gasteiger partial charge in [0.05, 0.1) is 0 Å². The number of benzene rings is 2. The topological polar surface area (TPSA) is 126 Å². The minimum Gasteiger partial charge on any atom is -0.872 e. The van der Waals surface area contributed by atoms with Gasteiger partial charge in [-0.25, -0.2) is 0 Å². The summed E-state index contributed by atoms with van der Waals surface area (Å²) in [6.45, 7) is 11.4.